The molecule has 2 N–H and O–H groups in total. The van der Waals surface area contributed by atoms with Gasteiger partial charge in [-0.25, -0.2) is 4.79 Å². The van der Waals surface area contributed by atoms with E-state index in [0.717, 1.165) is 5.56 Å². The molecule has 2 rings (SSSR count). The van der Waals surface area contributed by atoms with Crippen molar-refractivity contribution in [3.05, 3.63) is 53.3 Å². The van der Waals surface area contributed by atoms with Crippen molar-refractivity contribution in [2.75, 3.05) is 12.8 Å². The summed E-state index contributed by atoms with van der Waals surface area (Å²) in [5.41, 5.74) is 8.09. The molecule has 0 amide bonds. The van der Waals surface area contributed by atoms with Crippen molar-refractivity contribution >= 4 is 11.7 Å². The van der Waals surface area contributed by atoms with Crippen LogP contribution in [0.2, 0.25) is 0 Å². The normalized spacial score (nSPS) is 9.89. The number of hydrogen-bond donors (Lipinski definition) is 1. The number of esters is 1. The molecule has 0 saturated carbocycles. The summed E-state index contributed by atoms with van der Waals surface area (Å²) >= 11 is 0. The molecule has 2 aromatic rings. The average molecular weight is 255 g/mol. The minimum absolute atomic E-state index is 0.391. The first-order chi connectivity index (χ1) is 9.13. The monoisotopic (exact) mass is 255 g/mol. The van der Waals surface area contributed by atoms with Gasteiger partial charge in [0, 0.05) is 12.7 Å². The summed E-state index contributed by atoms with van der Waals surface area (Å²) in [5.74, 6) is -0.437. The Hall–Kier alpha value is -2.74. The van der Waals surface area contributed by atoms with Gasteiger partial charge < -0.3 is 15.0 Å². The number of hydrogen-bond acceptors (Lipinski definition) is 4. The topological polar surface area (TPSA) is 81.0 Å². The van der Waals surface area contributed by atoms with Crippen LogP contribution in [0.25, 0.3) is 0 Å². The van der Waals surface area contributed by atoms with Crippen LogP contribution in [0.15, 0.2) is 36.5 Å². The molecule has 0 fully saturated rings. The van der Waals surface area contributed by atoms with Gasteiger partial charge in [-0.05, 0) is 23.8 Å². The van der Waals surface area contributed by atoms with Crippen LogP contribution in [-0.2, 0) is 11.3 Å². The lowest BCUT2D eigenvalue weighted by Crippen LogP contribution is -2.10. The Morgan fingerprint density at radius 1 is 1.47 bits per heavy atom. The molecule has 0 radical (unpaired) electrons. The summed E-state index contributed by atoms with van der Waals surface area (Å²) in [7, 11) is 1.33. The van der Waals surface area contributed by atoms with Gasteiger partial charge in [-0.1, -0.05) is 12.1 Å². The fourth-order valence-corrected chi connectivity index (χ4v) is 1.88. The third kappa shape index (κ3) is 2.75. The van der Waals surface area contributed by atoms with Crippen LogP contribution in [0.1, 0.15) is 21.6 Å². The van der Waals surface area contributed by atoms with Crippen molar-refractivity contribution in [1.82, 2.24) is 4.57 Å². The number of rotatable bonds is 3. The SMILES string of the molecule is COC(=O)c1cc(N)cn1Cc1cccc(C#N)c1. The van der Waals surface area contributed by atoms with E-state index >= 15 is 0 Å². The maximum Gasteiger partial charge on any atom is 0.354 e. The van der Waals surface area contributed by atoms with Gasteiger partial charge in [0.1, 0.15) is 5.69 Å². The van der Waals surface area contributed by atoms with Crippen LogP contribution >= 0.6 is 0 Å². The average Bonchev–Trinajstić information content (AvgIpc) is 2.79. The molecular weight excluding hydrogens is 242 g/mol. The highest BCUT2D eigenvalue weighted by Gasteiger charge is 2.13. The maximum atomic E-state index is 11.6. The predicted octanol–water partition coefficient (Wildman–Crippen LogP) is 1.78. The minimum atomic E-state index is -0.437. The van der Waals surface area contributed by atoms with E-state index in [4.69, 9.17) is 15.7 Å². The van der Waals surface area contributed by atoms with Gasteiger partial charge in [0.15, 0.2) is 0 Å². The van der Waals surface area contributed by atoms with Crippen LogP contribution in [0.5, 0.6) is 0 Å². The zero-order valence-corrected chi connectivity index (χ0v) is 10.5. The molecule has 1 heterocycles. The summed E-state index contributed by atoms with van der Waals surface area (Å²) in [6.45, 7) is 0.456. The maximum absolute atomic E-state index is 11.6. The molecule has 5 heteroatoms. The molecule has 0 aliphatic carbocycles. The largest absolute Gasteiger partial charge is 0.464 e. The zero-order valence-electron chi connectivity index (χ0n) is 10.5. The van der Waals surface area contributed by atoms with Gasteiger partial charge in [-0.15, -0.1) is 0 Å². The van der Waals surface area contributed by atoms with Gasteiger partial charge in [0.2, 0.25) is 0 Å². The van der Waals surface area contributed by atoms with Crippen molar-refractivity contribution in [2.24, 2.45) is 0 Å². The lowest BCUT2D eigenvalue weighted by atomic mass is 10.1. The van der Waals surface area contributed by atoms with E-state index in [-0.39, 0.29) is 0 Å². The lowest BCUT2D eigenvalue weighted by Gasteiger charge is -2.07. The molecule has 0 aliphatic heterocycles. The highest BCUT2D eigenvalue weighted by molar-refractivity contribution is 5.89. The van der Waals surface area contributed by atoms with Gasteiger partial charge in [-0.3, -0.25) is 0 Å². The zero-order chi connectivity index (χ0) is 13.8. The number of nitriles is 1. The van der Waals surface area contributed by atoms with E-state index in [1.165, 1.54) is 7.11 Å². The van der Waals surface area contributed by atoms with E-state index in [0.29, 0.717) is 23.5 Å². The van der Waals surface area contributed by atoms with Crippen LogP contribution in [0, 0.1) is 11.3 Å². The van der Waals surface area contributed by atoms with Crippen LogP contribution in [0.4, 0.5) is 5.69 Å². The smallest absolute Gasteiger partial charge is 0.354 e. The standard InChI is InChI=1S/C14H13N3O2/c1-19-14(18)13-6-12(16)9-17(13)8-11-4-2-3-10(5-11)7-15/h2-6,9H,8,16H2,1H3. The molecule has 0 aliphatic rings. The number of nitrogen functional groups attached to an aromatic ring is 1. The Balaban J connectivity index is 2.33. The summed E-state index contributed by atoms with van der Waals surface area (Å²) in [5, 5.41) is 8.86. The molecule has 5 nitrogen and oxygen atoms in total. The van der Waals surface area contributed by atoms with Gasteiger partial charge in [0.25, 0.3) is 0 Å². The van der Waals surface area contributed by atoms with Crippen molar-refractivity contribution in [3.63, 3.8) is 0 Å². The first-order valence-electron chi connectivity index (χ1n) is 5.67. The molecule has 0 bridgehead atoms. The van der Waals surface area contributed by atoms with Crippen molar-refractivity contribution in [2.45, 2.75) is 6.54 Å². The number of ether oxygens (including phenoxy) is 1. The number of aromatic nitrogens is 1. The Morgan fingerprint density at radius 3 is 2.95 bits per heavy atom. The van der Waals surface area contributed by atoms with Crippen molar-refractivity contribution < 1.29 is 9.53 Å². The second kappa shape index (κ2) is 5.27. The number of nitrogens with zero attached hydrogens (tertiary/aromatic N) is 2. The van der Waals surface area contributed by atoms with E-state index in [2.05, 4.69) is 6.07 Å². The van der Waals surface area contributed by atoms with Crippen LogP contribution < -0.4 is 5.73 Å². The predicted molar refractivity (Wildman–Crippen MR) is 70.4 cm³/mol. The highest BCUT2D eigenvalue weighted by Crippen LogP contribution is 2.15. The summed E-state index contributed by atoms with van der Waals surface area (Å²) < 4.78 is 6.41. The molecule has 0 unspecified atom stereocenters. The highest BCUT2D eigenvalue weighted by atomic mass is 16.5. The van der Waals surface area contributed by atoms with Crippen LogP contribution in [0.3, 0.4) is 0 Å². The lowest BCUT2D eigenvalue weighted by molar-refractivity contribution is 0.0589. The van der Waals surface area contributed by atoms with Gasteiger partial charge in [0.05, 0.1) is 24.4 Å². The number of methoxy groups -OCH3 is 1. The number of carbonyl (C=O) groups is 1. The third-order valence-corrected chi connectivity index (χ3v) is 2.72. The van der Waals surface area contributed by atoms with Crippen molar-refractivity contribution in [3.8, 4) is 6.07 Å². The summed E-state index contributed by atoms with van der Waals surface area (Å²) in [4.78, 5) is 11.6. The first-order valence-corrected chi connectivity index (χ1v) is 5.67. The fraction of sp³-hybridized carbons (Fsp3) is 0.143. The molecule has 0 spiro atoms. The Kier molecular flexibility index (Phi) is 3.53. The van der Waals surface area contributed by atoms with Gasteiger partial charge >= 0.3 is 5.97 Å². The van der Waals surface area contributed by atoms with Gasteiger partial charge in [-0.2, -0.15) is 5.26 Å². The first kappa shape index (κ1) is 12.7. The van der Waals surface area contributed by atoms with E-state index in [1.807, 2.05) is 6.07 Å². The quantitative estimate of drug-likeness (QED) is 0.847. The number of benzene rings is 1. The Labute approximate surface area is 110 Å². The molecule has 1 aromatic heterocycles. The molecule has 0 atom stereocenters. The molecule has 0 saturated heterocycles. The summed E-state index contributed by atoms with van der Waals surface area (Å²) in [6, 6.07) is 10.8. The number of anilines is 1. The summed E-state index contributed by atoms with van der Waals surface area (Å²) in [6.07, 6.45) is 1.67. The van der Waals surface area contributed by atoms with E-state index < -0.39 is 5.97 Å². The minimum Gasteiger partial charge on any atom is -0.464 e. The molecular formula is C14H13N3O2. The second-order valence-corrected chi connectivity index (χ2v) is 4.09. The molecule has 96 valence electrons. The molecule has 1 aromatic carbocycles. The van der Waals surface area contributed by atoms with Crippen molar-refractivity contribution in [1.29, 1.82) is 5.26 Å². The number of carbonyl (C=O) groups excluding carboxylic acids is 1. The van der Waals surface area contributed by atoms with E-state index in [9.17, 15) is 4.79 Å². The number of nitrogens with two attached hydrogens (primary N) is 1. The van der Waals surface area contributed by atoms with Crippen LogP contribution in [-0.4, -0.2) is 17.6 Å². The van der Waals surface area contributed by atoms with E-state index in [1.54, 1.807) is 35.0 Å². The molecule has 19 heavy (non-hydrogen) atoms. The fourth-order valence-electron chi connectivity index (χ4n) is 1.88. The second-order valence-electron chi connectivity index (χ2n) is 4.09. The third-order valence-electron chi connectivity index (χ3n) is 2.72. The Morgan fingerprint density at radius 2 is 2.26 bits per heavy atom. The Bertz CT molecular complexity index is 653.